The fourth-order valence-electron chi connectivity index (χ4n) is 2.48. The molecule has 4 nitrogen and oxygen atoms in total. The van der Waals surface area contributed by atoms with Crippen LogP contribution in [0.4, 0.5) is 0 Å². The van der Waals surface area contributed by atoms with Gasteiger partial charge in [0.05, 0.1) is 17.6 Å². The Morgan fingerprint density at radius 3 is 2.87 bits per heavy atom. The summed E-state index contributed by atoms with van der Waals surface area (Å²) in [6, 6.07) is 15.2. The fraction of sp³-hybridized carbons (Fsp3) is 0.111. The average Bonchev–Trinajstić information content (AvgIpc) is 2.91. The first-order valence-corrected chi connectivity index (χ1v) is 8.07. The Morgan fingerprint density at radius 2 is 2.09 bits per heavy atom. The molecule has 1 heterocycles. The van der Waals surface area contributed by atoms with Gasteiger partial charge in [-0.05, 0) is 30.3 Å². The molecule has 2 aromatic carbocycles. The minimum absolute atomic E-state index is 0.122. The summed E-state index contributed by atoms with van der Waals surface area (Å²) in [5, 5.41) is 2.92. The van der Waals surface area contributed by atoms with Crippen LogP contribution in [0.1, 0.15) is 16.2 Å². The molecule has 3 aromatic rings. The third-order valence-electron chi connectivity index (χ3n) is 3.54. The summed E-state index contributed by atoms with van der Waals surface area (Å²) in [4.78, 5) is 16.9. The van der Waals surface area contributed by atoms with Crippen LogP contribution in [-0.4, -0.2) is 15.5 Å². The van der Waals surface area contributed by atoms with Crippen molar-refractivity contribution in [1.29, 1.82) is 0 Å². The molecule has 0 aliphatic heterocycles. The summed E-state index contributed by atoms with van der Waals surface area (Å²) >= 11 is 3.37. The molecule has 5 heteroatoms. The van der Waals surface area contributed by atoms with E-state index in [1.165, 1.54) is 0 Å². The summed E-state index contributed by atoms with van der Waals surface area (Å²) in [5.41, 5.74) is 2.57. The van der Waals surface area contributed by atoms with Crippen molar-refractivity contribution in [2.45, 2.75) is 13.1 Å². The van der Waals surface area contributed by atoms with Crippen LogP contribution in [0.5, 0.6) is 0 Å². The summed E-state index contributed by atoms with van der Waals surface area (Å²) in [7, 11) is 0. The van der Waals surface area contributed by atoms with E-state index in [0.717, 1.165) is 21.3 Å². The second-order valence-electron chi connectivity index (χ2n) is 5.11. The number of hydrogen-bond donors (Lipinski definition) is 1. The predicted molar refractivity (Wildman–Crippen MR) is 95.2 cm³/mol. The van der Waals surface area contributed by atoms with Gasteiger partial charge in [0.25, 0.3) is 5.91 Å². The number of imidazole rings is 1. The van der Waals surface area contributed by atoms with Crippen molar-refractivity contribution in [2.24, 2.45) is 0 Å². The molecule has 116 valence electrons. The van der Waals surface area contributed by atoms with E-state index in [1.54, 1.807) is 12.1 Å². The summed E-state index contributed by atoms with van der Waals surface area (Å²) < 4.78 is 2.94. The maximum absolute atomic E-state index is 12.3. The number of rotatable bonds is 5. The van der Waals surface area contributed by atoms with Crippen LogP contribution in [0.25, 0.3) is 11.0 Å². The van der Waals surface area contributed by atoms with Crippen molar-refractivity contribution in [3.8, 4) is 0 Å². The lowest BCUT2D eigenvalue weighted by molar-refractivity contribution is 0.0949. The number of nitrogens with one attached hydrogen (secondary N) is 1. The SMILES string of the molecule is C=CCn1c(CNC(=O)c2cccc(Br)c2)nc2ccccc21. The molecule has 0 aliphatic rings. The molecule has 3 rings (SSSR count). The van der Waals surface area contributed by atoms with Crippen LogP contribution >= 0.6 is 15.9 Å². The molecule has 0 radical (unpaired) electrons. The third-order valence-corrected chi connectivity index (χ3v) is 4.03. The van der Waals surface area contributed by atoms with E-state index >= 15 is 0 Å². The number of allylic oxidation sites excluding steroid dienone is 1. The van der Waals surface area contributed by atoms with E-state index in [4.69, 9.17) is 0 Å². The van der Waals surface area contributed by atoms with Gasteiger partial charge in [-0.1, -0.05) is 40.2 Å². The second kappa shape index (κ2) is 6.79. The first-order chi connectivity index (χ1) is 11.2. The van der Waals surface area contributed by atoms with E-state index in [0.29, 0.717) is 18.7 Å². The Bertz CT molecular complexity index is 870. The fourth-order valence-corrected chi connectivity index (χ4v) is 2.88. The van der Waals surface area contributed by atoms with Crippen molar-refractivity contribution < 1.29 is 4.79 Å². The minimum Gasteiger partial charge on any atom is -0.345 e. The number of hydrogen-bond acceptors (Lipinski definition) is 2. The Morgan fingerprint density at radius 1 is 1.26 bits per heavy atom. The molecule has 1 amide bonds. The lowest BCUT2D eigenvalue weighted by Crippen LogP contribution is -2.24. The number of halogens is 1. The monoisotopic (exact) mass is 369 g/mol. The van der Waals surface area contributed by atoms with Crippen molar-refractivity contribution in [3.05, 3.63) is 77.0 Å². The van der Waals surface area contributed by atoms with Gasteiger partial charge in [-0.25, -0.2) is 4.98 Å². The van der Waals surface area contributed by atoms with Crippen LogP contribution < -0.4 is 5.32 Å². The van der Waals surface area contributed by atoms with E-state index in [1.807, 2.05) is 42.5 Å². The molecule has 1 N–H and O–H groups in total. The second-order valence-corrected chi connectivity index (χ2v) is 6.02. The Labute approximate surface area is 143 Å². The highest BCUT2D eigenvalue weighted by molar-refractivity contribution is 9.10. The van der Waals surface area contributed by atoms with Gasteiger partial charge in [0, 0.05) is 16.6 Å². The van der Waals surface area contributed by atoms with E-state index in [2.05, 4.69) is 37.4 Å². The molecule has 0 spiro atoms. The van der Waals surface area contributed by atoms with Gasteiger partial charge in [0.1, 0.15) is 5.82 Å². The zero-order chi connectivity index (χ0) is 16.2. The highest BCUT2D eigenvalue weighted by Crippen LogP contribution is 2.16. The standard InChI is InChI=1S/C18H16BrN3O/c1-2-10-22-16-9-4-3-8-15(16)21-17(22)12-20-18(23)13-6-5-7-14(19)11-13/h2-9,11H,1,10,12H2,(H,20,23). The number of para-hydroxylation sites is 2. The first-order valence-electron chi connectivity index (χ1n) is 7.28. The summed E-state index contributed by atoms with van der Waals surface area (Å²) in [6.45, 7) is 4.82. The average molecular weight is 370 g/mol. The number of fused-ring (bicyclic) bond motifs is 1. The van der Waals surface area contributed by atoms with Gasteiger partial charge in [-0.3, -0.25) is 4.79 Å². The third kappa shape index (κ3) is 3.35. The van der Waals surface area contributed by atoms with Crippen molar-refractivity contribution >= 4 is 32.9 Å². The van der Waals surface area contributed by atoms with Gasteiger partial charge in [-0.15, -0.1) is 6.58 Å². The molecule has 0 unspecified atom stereocenters. The normalized spacial score (nSPS) is 10.7. The van der Waals surface area contributed by atoms with Gasteiger partial charge < -0.3 is 9.88 Å². The van der Waals surface area contributed by atoms with Gasteiger partial charge in [0.2, 0.25) is 0 Å². The zero-order valence-electron chi connectivity index (χ0n) is 12.5. The molecule has 0 saturated heterocycles. The summed E-state index contributed by atoms with van der Waals surface area (Å²) in [6.07, 6.45) is 1.83. The minimum atomic E-state index is -0.122. The molecule has 23 heavy (non-hydrogen) atoms. The molecule has 0 aliphatic carbocycles. The highest BCUT2D eigenvalue weighted by Gasteiger charge is 2.11. The highest BCUT2D eigenvalue weighted by atomic mass is 79.9. The van der Waals surface area contributed by atoms with Crippen molar-refractivity contribution in [3.63, 3.8) is 0 Å². The van der Waals surface area contributed by atoms with Crippen LogP contribution in [0.3, 0.4) is 0 Å². The number of amides is 1. The number of carbonyl (C=O) groups excluding carboxylic acids is 1. The molecule has 0 bridgehead atoms. The number of aromatic nitrogens is 2. The Hall–Kier alpha value is -2.40. The molecule has 1 aromatic heterocycles. The van der Waals surface area contributed by atoms with Gasteiger partial charge in [0.15, 0.2) is 0 Å². The predicted octanol–water partition coefficient (Wildman–Crippen LogP) is 3.91. The van der Waals surface area contributed by atoms with E-state index in [-0.39, 0.29) is 5.91 Å². The van der Waals surface area contributed by atoms with Crippen LogP contribution in [0, 0.1) is 0 Å². The first kappa shape index (κ1) is 15.5. The molecule has 0 fully saturated rings. The topological polar surface area (TPSA) is 46.9 Å². The van der Waals surface area contributed by atoms with Crippen LogP contribution in [0.2, 0.25) is 0 Å². The number of benzene rings is 2. The smallest absolute Gasteiger partial charge is 0.251 e. The maximum atomic E-state index is 12.3. The maximum Gasteiger partial charge on any atom is 0.251 e. The molecule has 0 saturated carbocycles. The molecular weight excluding hydrogens is 354 g/mol. The van der Waals surface area contributed by atoms with Crippen LogP contribution in [0.15, 0.2) is 65.7 Å². The van der Waals surface area contributed by atoms with Crippen molar-refractivity contribution in [2.75, 3.05) is 0 Å². The Balaban J connectivity index is 1.82. The van der Waals surface area contributed by atoms with E-state index < -0.39 is 0 Å². The van der Waals surface area contributed by atoms with Gasteiger partial charge in [-0.2, -0.15) is 0 Å². The Kier molecular flexibility index (Phi) is 4.57. The number of carbonyl (C=O) groups is 1. The lowest BCUT2D eigenvalue weighted by Gasteiger charge is -2.08. The largest absolute Gasteiger partial charge is 0.345 e. The van der Waals surface area contributed by atoms with Gasteiger partial charge >= 0.3 is 0 Å². The summed E-state index contributed by atoms with van der Waals surface area (Å²) in [5.74, 6) is 0.693. The lowest BCUT2D eigenvalue weighted by atomic mass is 10.2. The van der Waals surface area contributed by atoms with E-state index in [9.17, 15) is 4.79 Å². The van der Waals surface area contributed by atoms with Crippen LogP contribution in [-0.2, 0) is 13.1 Å². The number of nitrogens with zero attached hydrogens (tertiary/aromatic N) is 2. The molecular formula is C18H16BrN3O. The van der Waals surface area contributed by atoms with Crippen molar-refractivity contribution in [1.82, 2.24) is 14.9 Å². The quantitative estimate of drug-likeness (QED) is 0.692. The molecule has 0 atom stereocenters. The zero-order valence-corrected chi connectivity index (χ0v) is 14.1.